The lowest BCUT2D eigenvalue weighted by molar-refractivity contribution is -0.125. The second-order valence-electron chi connectivity index (χ2n) is 7.58. The van der Waals surface area contributed by atoms with Crippen molar-refractivity contribution in [2.24, 2.45) is 5.92 Å². The Morgan fingerprint density at radius 2 is 2.15 bits per heavy atom. The molecule has 2 aliphatic rings. The summed E-state index contributed by atoms with van der Waals surface area (Å²) in [4.78, 5) is 29.9. The Morgan fingerprint density at radius 3 is 2.88 bits per heavy atom. The second kappa shape index (κ2) is 9.03. The predicted octanol–water partition coefficient (Wildman–Crippen LogP) is 2.07. The third-order valence-corrected chi connectivity index (χ3v) is 5.35. The van der Waals surface area contributed by atoms with Crippen molar-refractivity contribution in [2.75, 3.05) is 26.7 Å². The van der Waals surface area contributed by atoms with Gasteiger partial charge in [-0.15, -0.1) is 0 Å². The van der Waals surface area contributed by atoms with Gasteiger partial charge in [-0.05, 0) is 57.7 Å². The van der Waals surface area contributed by atoms with E-state index in [4.69, 9.17) is 0 Å². The second-order valence-corrected chi connectivity index (χ2v) is 7.58. The van der Waals surface area contributed by atoms with Gasteiger partial charge in [0.05, 0.1) is 5.92 Å². The monoisotopic (exact) mass is 358 g/mol. The summed E-state index contributed by atoms with van der Waals surface area (Å²) in [6, 6.07) is 3.65. The number of nitrogens with one attached hydrogen (secondary N) is 3. The number of carbonyl (C=O) groups is 2. The largest absolute Gasteiger partial charge is 0.357 e. The Bertz CT molecular complexity index is 638. The Hall–Kier alpha value is -2.08. The predicted molar refractivity (Wildman–Crippen MR) is 102 cm³/mol. The van der Waals surface area contributed by atoms with Crippen molar-refractivity contribution in [3.05, 3.63) is 35.7 Å². The zero-order chi connectivity index (χ0) is 18.4. The highest BCUT2D eigenvalue weighted by Gasteiger charge is 2.27. The van der Waals surface area contributed by atoms with Crippen LogP contribution < -0.4 is 10.6 Å². The van der Waals surface area contributed by atoms with Crippen LogP contribution in [0.1, 0.15) is 49.0 Å². The average Bonchev–Trinajstić information content (AvgIpc) is 3.12. The summed E-state index contributed by atoms with van der Waals surface area (Å²) in [5.41, 5.74) is 1.94. The minimum absolute atomic E-state index is 0.0171. The van der Waals surface area contributed by atoms with Crippen LogP contribution in [-0.2, 0) is 4.79 Å². The van der Waals surface area contributed by atoms with Crippen molar-refractivity contribution in [1.82, 2.24) is 20.5 Å². The highest BCUT2D eigenvalue weighted by atomic mass is 16.2. The van der Waals surface area contributed by atoms with E-state index in [1.807, 2.05) is 13.1 Å². The summed E-state index contributed by atoms with van der Waals surface area (Å²) in [7, 11) is 2.02. The standard InChI is InChI=1S/C20H30N4O2/c1-24-13-16(19(25)22-12-15-6-3-2-4-7-15)9-10-17(14-24)23-20(26)18-8-5-11-21-18/h5-6,8,11,16-17,21H,2-4,7,9-10,12-14H2,1H3,(H,22,25)(H,23,26)/t16-,17+/m1/s1. The van der Waals surface area contributed by atoms with E-state index in [2.05, 4.69) is 26.6 Å². The summed E-state index contributed by atoms with van der Waals surface area (Å²) in [5.74, 6) is 0.0387. The van der Waals surface area contributed by atoms with Crippen LogP contribution in [0.3, 0.4) is 0 Å². The van der Waals surface area contributed by atoms with E-state index in [0.717, 1.165) is 38.8 Å². The summed E-state index contributed by atoms with van der Waals surface area (Å²) < 4.78 is 0. The lowest BCUT2D eigenvalue weighted by Crippen LogP contribution is -2.42. The first-order valence-corrected chi connectivity index (χ1v) is 9.70. The number of carbonyl (C=O) groups excluding carboxylic acids is 2. The molecule has 26 heavy (non-hydrogen) atoms. The number of nitrogens with zero attached hydrogens (tertiary/aromatic N) is 1. The van der Waals surface area contributed by atoms with Gasteiger partial charge in [-0.3, -0.25) is 9.59 Å². The van der Waals surface area contributed by atoms with E-state index in [1.54, 1.807) is 12.3 Å². The molecule has 1 saturated heterocycles. The minimum Gasteiger partial charge on any atom is -0.357 e. The van der Waals surface area contributed by atoms with Crippen molar-refractivity contribution in [2.45, 2.75) is 44.6 Å². The fourth-order valence-electron chi connectivity index (χ4n) is 3.89. The molecule has 0 spiro atoms. The fraction of sp³-hybridized carbons (Fsp3) is 0.600. The Balaban J connectivity index is 1.49. The first-order valence-electron chi connectivity index (χ1n) is 9.70. The van der Waals surface area contributed by atoms with Gasteiger partial charge in [0, 0.05) is 31.9 Å². The maximum atomic E-state index is 12.6. The number of H-pyrrole nitrogens is 1. The number of allylic oxidation sites excluding steroid dienone is 1. The van der Waals surface area contributed by atoms with Crippen LogP contribution >= 0.6 is 0 Å². The summed E-state index contributed by atoms with van der Waals surface area (Å²) in [6.45, 7) is 2.19. The van der Waals surface area contributed by atoms with Crippen molar-refractivity contribution in [3.63, 3.8) is 0 Å². The molecule has 0 unspecified atom stereocenters. The maximum absolute atomic E-state index is 12.6. The molecule has 2 amide bonds. The molecule has 0 saturated carbocycles. The lowest BCUT2D eigenvalue weighted by atomic mass is 9.98. The minimum atomic E-state index is -0.0828. The van der Waals surface area contributed by atoms with E-state index in [-0.39, 0.29) is 23.8 Å². The highest BCUT2D eigenvalue weighted by molar-refractivity contribution is 5.92. The number of hydrogen-bond donors (Lipinski definition) is 3. The van der Waals surface area contributed by atoms with E-state index in [9.17, 15) is 9.59 Å². The molecule has 1 fully saturated rings. The Kier molecular flexibility index (Phi) is 6.50. The molecule has 3 N–H and O–H groups in total. The van der Waals surface area contributed by atoms with Crippen LogP contribution in [0.25, 0.3) is 0 Å². The van der Waals surface area contributed by atoms with Gasteiger partial charge in [0.25, 0.3) is 5.91 Å². The third kappa shape index (κ3) is 5.21. The zero-order valence-electron chi connectivity index (χ0n) is 15.6. The Morgan fingerprint density at radius 1 is 1.27 bits per heavy atom. The van der Waals surface area contributed by atoms with Gasteiger partial charge in [-0.25, -0.2) is 0 Å². The molecule has 6 heteroatoms. The van der Waals surface area contributed by atoms with Crippen LogP contribution in [0.5, 0.6) is 0 Å². The number of aromatic nitrogens is 1. The van der Waals surface area contributed by atoms with Gasteiger partial charge in [0.1, 0.15) is 5.69 Å². The zero-order valence-corrected chi connectivity index (χ0v) is 15.6. The molecule has 142 valence electrons. The number of likely N-dealkylation sites (tertiary alicyclic amines) is 1. The van der Waals surface area contributed by atoms with E-state index < -0.39 is 0 Å². The molecule has 2 heterocycles. The first kappa shape index (κ1) is 18.7. The first-order chi connectivity index (χ1) is 12.6. The van der Waals surface area contributed by atoms with Crippen molar-refractivity contribution in [3.8, 4) is 0 Å². The molecule has 1 aromatic rings. The van der Waals surface area contributed by atoms with E-state index in [0.29, 0.717) is 12.2 Å². The quantitative estimate of drug-likeness (QED) is 0.705. The maximum Gasteiger partial charge on any atom is 0.267 e. The molecule has 1 aliphatic heterocycles. The molecular weight excluding hydrogens is 328 g/mol. The van der Waals surface area contributed by atoms with Crippen LogP contribution in [-0.4, -0.2) is 54.4 Å². The molecule has 2 atom stereocenters. The number of hydrogen-bond acceptors (Lipinski definition) is 3. The summed E-state index contributed by atoms with van der Waals surface area (Å²) >= 11 is 0. The van der Waals surface area contributed by atoms with Crippen LogP contribution in [0.4, 0.5) is 0 Å². The SMILES string of the molecule is CN1C[C@@H](NC(=O)c2ccc[nH]2)CC[C@@H](C(=O)NCC2=CCCCC2)C1. The summed E-state index contributed by atoms with van der Waals surface area (Å²) in [6.07, 6.45) is 10.4. The van der Waals surface area contributed by atoms with E-state index >= 15 is 0 Å². The molecule has 1 aromatic heterocycles. The molecule has 6 nitrogen and oxygen atoms in total. The van der Waals surface area contributed by atoms with Crippen molar-refractivity contribution >= 4 is 11.8 Å². The summed E-state index contributed by atoms with van der Waals surface area (Å²) in [5, 5.41) is 6.20. The molecule has 0 bridgehead atoms. The van der Waals surface area contributed by atoms with Gasteiger partial charge < -0.3 is 20.5 Å². The topological polar surface area (TPSA) is 77.2 Å². The Labute approximate surface area is 155 Å². The number of amides is 2. The number of likely N-dealkylation sites (N-methyl/N-ethyl adjacent to an activating group) is 1. The van der Waals surface area contributed by atoms with Crippen molar-refractivity contribution < 1.29 is 9.59 Å². The third-order valence-electron chi connectivity index (χ3n) is 5.35. The molecule has 3 rings (SSSR count). The van der Waals surface area contributed by atoms with Gasteiger partial charge in [0.15, 0.2) is 0 Å². The average molecular weight is 358 g/mol. The van der Waals surface area contributed by atoms with Gasteiger partial charge in [0.2, 0.25) is 5.91 Å². The molecule has 1 aliphatic carbocycles. The fourth-order valence-corrected chi connectivity index (χ4v) is 3.89. The lowest BCUT2D eigenvalue weighted by Gasteiger charge is -2.22. The van der Waals surface area contributed by atoms with Gasteiger partial charge >= 0.3 is 0 Å². The molecular formula is C20H30N4O2. The van der Waals surface area contributed by atoms with Crippen LogP contribution in [0.2, 0.25) is 0 Å². The van der Waals surface area contributed by atoms with Gasteiger partial charge in [-0.2, -0.15) is 0 Å². The van der Waals surface area contributed by atoms with Crippen LogP contribution in [0, 0.1) is 5.92 Å². The van der Waals surface area contributed by atoms with Crippen molar-refractivity contribution in [1.29, 1.82) is 0 Å². The number of aromatic amines is 1. The molecule has 0 aromatic carbocycles. The normalized spacial score (nSPS) is 24.4. The van der Waals surface area contributed by atoms with Gasteiger partial charge in [-0.1, -0.05) is 11.6 Å². The smallest absolute Gasteiger partial charge is 0.267 e. The van der Waals surface area contributed by atoms with E-state index in [1.165, 1.54) is 18.4 Å². The number of rotatable bonds is 5. The highest BCUT2D eigenvalue weighted by Crippen LogP contribution is 2.19. The molecule has 0 radical (unpaired) electrons. The van der Waals surface area contributed by atoms with Crippen LogP contribution in [0.15, 0.2) is 30.0 Å².